The van der Waals surface area contributed by atoms with Gasteiger partial charge in [-0.25, -0.2) is 0 Å². The van der Waals surface area contributed by atoms with Crippen LogP contribution in [0.3, 0.4) is 0 Å². The summed E-state index contributed by atoms with van der Waals surface area (Å²) in [4.78, 5) is 23.5. The molecule has 110 valence electrons. The fourth-order valence-corrected chi connectivity index (χ4v) is 2.06. The number of nitrogens with one attached hydrogen (secondary N) is 1. The summed E-state index contributed by atoms with van der Waals surface area (Å²) < 4.78 is 1.49. The second-order valence-corrected chi connectivity index (χ2v) is 4.79. The Labute approximate surface area is 122 Å². The number of rotatable bonds is 5. The zero-order valence-corrected chi connectivity index (χ0v) is 11.8. The van der Waals surface area contributed by atoms with Gasteiger partial charge in [-0.2, -0.15) is 0 Å². The van der Waals surface area contributed by atoms with Gasteiger partial charge in [-0.15, -0.1) is 0 Å². The molecule has 1 atom stereocenters. The molecule has 1 aromatic carbocycles. The molecule has 2 aromatic rings. The standard InChI is InChI=1S/C16H18N2O3/c1-12(19)13-6-2-3-7-14(13)17-15(20)9-11-18-10-5-4-8-16(18)21/h2-8,10,12,19H,9,11H2,1H3,(H,17,20). The fraction of sp³-hybridized carbons (Fsp3) is 0.250. The maximum atomic E-state index is 12.0. The van der Waals surface area contributed by atoms with Crippen LogP contribution in [0, 0.1) is 0 Å². The van der Waals surface area contributed by atoms with Crippen LogP contribution in [0.5, 0.6) is 0 Å². The number of nitrogens with zero attached hydrogens (tertiary/aromatic N) is 1. The van der Waals surface area contributed by atoms with Crippen molar-refractivity contribution in [3.05, 3.63) is 64.6 Å². The summed E-state index contributed by atoms with van der Waals surface area (Å²) in [5, 5.41) is 12.4. The molecule has 1 heterocycles. The first-order valence-electron chi connectivity index (χ1n) is 6.80. The minimum Gasteiger partial charge on any atom is -0.389 e. The molecule has 0 radical (unpaired) electrons. The van der Waals surface area contributed by atoms with Gasteiger partial charge < -0.3 is 15.0 Å². The minimum atomic E-state index is -0.654. The Hall–Kier alpha value is -2.40. The Kier molecular flexibility index (Phi) is 4.90. The molecule has 1 unspecified atom stereocenters. The van der Waals surface area contributed by atoms with Gasteiger partial charge in [-0.05, 0) is 19.1 Å². The van der Waals surface area contributed by atoms with Gasteiger partial charge in [-0.1, -0.05) is 24.3 Å². The van der Waals surface area contributed by atoms with E-state index in [2.05, 4.69) is 5.32 Å². The molecule has 1 aromatic heterocycles. The molecular formula is C16H18N2O3. The molecule has 21 heavy (non-hydrogen) atoms. The van der Waals surface area contributed by atoms with Crippen LogP contribution in [0.25, 0.3) is 0 Å². The zero-order chi connectivity index (χ0) is 15.2. The number of hydrogen-bond acceptors (Lipinski definition) is 3. The number of anilines is 1. The Morgan fingerprint density at radius 2 is 1.95 bits per heavy atom. The number of aliphatic hydroxyl groups is 1. The number of benzene rings is 1. The lowest BCUT2D eigenvalue weighted by atomic mass is 10.1. The first-order valence-corrected chi connectivity index (χ1v) is 6.80. The second-order valence-electron chi connectivity index (χ2n) is 4.79. The molecule has 5 nitrogen and oxygen atoms in total. The van der Waals surface area contributed by atoms with Crippen LogP contribution in [0.4, 0.5) is 5.69 Å². The third kappa shape index (κ3) is 4.03. The van der Waals surface area contributed by atoms with Gasteiger partial charge in [0.2, 0.25) is 5.91 Å². The van der Waals surface area contributed by atoms with E-state index in [9.17, 15) is 14.7 Å². The fourth-order valence-electron chi connectivity index (χ4n) is 2.06. The molecule has 0 aliphatic carbocycles. The Balaban J connectivity index is 2.00. The quantitative estimate of drug-likeness (QED) is 0.882. The number of carbonyl (C=O) groups excluding carboxylic acids is 1. The first kappa shape index (κ1) is 15.0. The predicted octanol–water partition coefficient (Wildman–Crippen LogP) is 1.93. The zero-order valence-electron chi connectivity index (χ0n) is 11.8. The Morgan fingerprint density at radius 3 is 2.67 bits per heavy atom. The summed E-state index contributed by atoms with van der Waals surface area (Å²) >= 11 is 0. The summed E-state index contributed by atoms with van der Waals surface area (Å²) in [5.74, 6) is -0.196. The molecule has 2 rings (SSSR count). The maximum absolute atomic E-state index is 12.0. The van der Waals surface area contributed by atoms with Crippen LogP contribution >= 0.6 is 0 Å². The number of aryl methyl sites for hydroxylation is 1. The lowest BCUT2D eigenvalue weighted by Gasteiger charge is -2.13. The maximum Gasteiger partial charge on any atom is 0.250 e. The Morgan fingerprint density at radius 1 is 1.24 bits per heavy atom. The van der Waals surface area contributed by atoms with Gasteiger partial charge in [0.15, 0.2) is 0 Å². The van der Waals surface area contributed by atoms with Gasteiger partial charge >= 0.3 is 0 Å². The van der Waals surface area contributed by atoms with Crippen LogP contribution in [0.1, 0.15) is 25.0 Å². The van der Waals surface area contributed by atoms with Gasteiger partial charge in [0.05, 0.1) is 6.10 Å². The second kappa shape index (κ2) is 6.85. The van der Waals surface area contributed by atoms with E-state index in [-0.39, 0.29) is 17.9 Å². The molecule has 0 spiro atoms. The summed E-state index contributed by atoms with van der Waals surface area (Å²) in [5.41, 5.74) is 1.13. The van der Waals surface area contributed by atoms with Crippen molar-refractivity contribution in [1.29, 1.82) is 0 Å². The van der Waals surface area contributed by atoms with Crippen molar-refractivity contribution in [2.24, 2.45) is 0 Å². The predicted molar refractivity (Wildman–Crippen MR) is 81.0 cm³/mol. The van der Waals surface area contributed by atoms with E-state index in [1.807, 2.05) is 0 Å². The van der Waals surface area contributed by atoms with Gasteiger partial charge in [-0.3, -0.25) is 9.59 Å². The highest BCUT2D eigenvalue weighted by Gasteiger charge is 2.10. The summed E-state index contributed by atoms with van der Waals surface area (Å²) in [6.45, 7) is 1.97. The van der Waals surface area contributed by atoms with E-state index in [1.165, 1.54) is 10.6 Å². The van der Waals surface area contributed by atoms with E-state index in [1.54, 1.807) is 49.5 Å². The van der Waals surface area contributed by atoms with Crippen molar-refractivity contribution in [3.63, 3.8) is 0 Å². The lowest BCUT2D eigenvalue weighted by molar-refractivity contribution is -0.116. The van der Waals surface area contributed by atoms with Crippen molar-refractivity contribution in [1.82, 2.24) is 4.57 Å². The summed E-state index contributed by atoms with van der Waals surface area (Å²) in [6, 6.07) is 12.0. The monoisotopic (exact) mass is 286 g/mol. The SMILES string of the molecule is CC(O)c1ccccc1NC(=O)CCn1ccccc1=O. The van der Waals surface area contributed by atoms with E-state index in [4.69, 9.17) is 0 Å². The molecule has 0 saturated carbocycles. The number of para-hydroxylation sites is 1. The first-order chi connectivity index (χ1) is 10.1. The summed E-state index contributed by atoms with van der Waals surface area (Å²) in [7, 11) is 0. The van der Waals surface area contributed by atoms with Gasteiger partial charge in [0.1, 0.15) is 0 Å². The van der Waals surface area contributed by atoms with Crippen molar-refractivity contribution in [2.45, 2.75) is 26.0 Å². The van der Waals surface area contributed by atoms with Gasteiger partial charge in [0, 0.05) is 36.5 Å². The van der Waals surface area contributed by atoms with Crippen LogP contribution < -0.4 is 10.9 Å². The number of carbonyl (C=O) groups is 1. The highest BCUT2D eigenvalue weighted by molar-refractivity contribution is 5.91. The molecule has 0 aliphatic heterocycles. The molecular weight excluding hydrogens is 268 g/mol. The highest BCUT2D eigenvalue weighted by Crippen LogP contribution is 2.22. The van der Waals surface area contributed by atoms with Crippen LogP contribution in [0.2, 0.25) is 0 Å². The van der Waals surface area contributed by atoms with E-state index in [0.717, 1.165) is 0 Å². The average Bonchev–Trinajstić information content (AvgIpc) is 2.47. The van der Waals surface area contributed by atoms with Crippen molar-refractivity contribution in [2.75, 3.05) is 5.32 Å². The van der Waals surface area contributed by atoms with E-state index >= 15 is 0 Å². The van der Waals surface area contributed by atoms with Crippen LogP contribution in [-0.2, 0) is 11.3 Å². The van der Waals surface area contributed by atoms with E-state index in [0.29, 0.717) is 17.8 Å². The Bertz CT molecular complexity index is 677. The third-order valence-electron chi connectivity index (χ3n) is 3.16. The van der Waals surface area contributed by atoms with E-state index < -0.39 is 6.10 Å². The molecule has 0 bridgehead atoms. The molecule has 1 amide bonds. The van der Waals surface area contributed by atoms with Gasteiger partial charge in [0.25, 0.3) is 5.56 Å². The van der Waals surface area contributed by atoms with Crippen molar-refractivity contribution >= 4 is 11.6 Å². The molecule has 0 fully saturated rings. The smallest absolute Gasteiger partial charge is 0.250 e. The minimum absolute atomic E-state index is 0.130. The number of pyridine rings is 1. The van der Waals surface area contributed by atoms with Crippen LogP contribution in [-0.4, -0.2) is 15.6 Å². The molecule has 5 heteroatoms. The number of aliphatic hydroxyl groups excluding tert-OH is 1. The summed E-state index contributed by atoms with van der Waals surface area (Å²) in [6.07, 6.45) is 1.19. The van der Waals surface area contributed by atoms with Crippen molar-refractivity contribution < 1.29 is 9.90 Å². The third-order valence-corrected chi connectivity index (χ3v) is 3.16. The largest absolute Gasteiger partial charge is 0.389 e. The molecule has 0 aliphatic rings. The number of aromatic nitrogens is 1. The molecule has 0 saturated heterocycles. The average molecular weight is 286 g/mol. The van der Waals surface area contributed by atoms with Crippen LogP contribution in [0.15, 0.2) is 53.5 Å². The topological polar surface area (TPSA) is 71.3 Å². The number of hydrogen-bond donors (Lipinski definition) is 2. The molecule has 2 N–H and O–H groups in total. The highest BCUT2D eigenvalue weighted by atomic mass is 16.3. The van der Waals surface area contributed by atoms with Crippen molar-refractivity contribution in [3.8, 4) is 0 Å². The normalized spacial score (nSPS) is 11.9. The lowest BCUT2D eigenvalue weighted by Crippen LogP contribution is -2.22. The number of amides is 1.